The fourth-order valence-corrected chi connectivity index (χ4v) is 0.722. The minimum Gasteiger partial charge on any atom is -0.508 e. The van der Waals surface area contributed by atoms with Gasteiger partial charge < -0.3 is 9.84 Å². The first kappa shape index (κ1) is 11.6. The van der Waals surface area contributed by atoms with Gasteiger partial charge in [0.2, 0.25) is 0 Å². The molecule has 0 aliphatic carbocycles. The normalized spacial score (nSPS) is 8.08. The van der Waals surface area contributed by atoms with Crippen molar-refractivity contribution in [2.75, 3.05) is 0 Å². The van der Waals surface area contributed by atoms with Crippen LogP contribution < -0.4 is 0 Å². The maximum atomic E-state index is 9.77. The molecule has 0 unspecified atom stereocenters. The lowest BCUT2D eigenvalue weighted by Crippen LogP contribution is -1.88. The molecule has 0 aliphatic rings. The van der Waals surface area contributed by atoms with E-state index < -0.39 is 0 Å². The van der Waals surface area contributed by atoms with Crippen molar-refractivity contribution in [3.8, 4) is 5.75 Å². The molecule has 1 aromatic rings. The molecule has 0 heterocycles. The van der Waals surface area contributed by atoms with Gasteiger partial charge in [-0.25, -0.2) is 0 Å². The monoisotopic (exact) mass is 178 g/mol. The topological polar surface area (TPSA) is 46.5 Å². The zero-order chi connectivity index (χ0) is 10.1. The Morgan fingerprint density at radius 2 is 1.92 bits per heavy atom. The first-order valence-corrected chi connectivity index (χ1v) is 3.74. The lowest BCUT2D eigenvalue weighted by Gasteiger charge is -1.97. The SMILES string of the molecule is O=COCc1ccc(O)cc1.[B]C. The summed E-state index contributed by atoms with van der Waals surface area (Å²) in [6.07, 6.45) is 0. The van der Waals surface area contributed by atoms with E-state index in [1.54, 1.807) is 24.3 Å². The van der Waals surface area contributed by atoms with Crippen LogP contribution in [-0.4, -0.2) is 19.4 Å². The van der Waals surface area contributed by atoms with Gasteiger partial charge in [-0.05, 0) is 17.7 Å². The van der Waals surface area contributed by atoms with Gasteiger partial charge in [0.1, 0.15) is 12.4 Å². The summed E-state index contributed by atoms with van der Waals surface area (Å²) in [5, 5.41) is 8.87. The number of phenolic OH excluding ortho intramolecular Hbond substituents is 1. The Balaban J connectivity index is 0.000000671. The molecule has 0 fully saturated rings. The van der Waals surface area contributed by atoms with Crippen molar-refractivity contribution in [3.05, 3.63) is 29.8 Å². The fraction of sp³-hybridized carbons (Fsp3) is 0.222. The average Bonchev–Trinajstić information content (AvgIpc) is 2.20. The highest BCUT2D eigenvalue weighted by atomic mass is 16.5. The van der Waals surface area contributed by atoms with Crippen LogP contribution in [0.1, 0.15) is 5.56 Å². The molecule has 1 aromatic carbocycles. The number of benzene rings is 1. The molecule has 0 spiro atoms. The largest absolute Gasteiger partial charge is 0.508 e. The highest BCUT2D eigenvalue weighted by molar-refractivity contribution is 6.05. The van der Waals surface area contributed by atoms with Gasteiger partial charge >= 0.3 is 0 Å². The minimum absolute atomic E-state index is 0.208. The van der Waals surface area contributed by atoms with Gasteiger partial charge in [0.15, 0.2) is 0 Å². The van der Waals surface area contributed by atoms with Crippen LogP contribution in [0.25, 0.3) is 0 Å². The van der Waals surface area contributed by atoms with Crippen molar-refractivity contribution in [3.63, 3.8) is 0 Å². The second-order valence-electron chi connectivity index (χ2n) is 2.07. The van der Waals surface area contributed by atoms with E-state index >= 15 is 0 Å². The Bertz CT molecular complexity index is 233. The Labute approximate surface area is 78.8 Å². The van der Waals surface area contributed by atoms with Crippen molar-refractivity contribution in [1.82, 2.24) is 0 Å². The second kappa shape index (κ2) is 7.22. The first-order chi connectivity index (χ1) is 6.33. The lowest BCUT2D eigenvalue weighted by atomic mass is 10.2. The molecule has 0 saturated carbocycles. The van der Waals surface area contributed by atoms with Gasteiger partial charge in [-0.15, -0.1) is 0 Å². The highest BCUT2D eigenvalue weighted by Crippen LogP contribution is 2.09. The van der Waals surface area contributed by atoms with Gasteiger partial charge in [-0.3, -0.25) is 4.79 Å². The van der Waals surface area contributed by atoms with Crippen LogP contribution in [0.2, 0.25) is 6.82 Å². The number of hydrogen-bond donors (Lipinski definition) is 1. The Kier molecular flexibility index (Phi) is 6.42. The summed E-state index contributed by atoms with van der Waals surface area (Å²) in [6.45, 7) is 2.15. The third kappa shape index (κ3) is 4.90. The van der Waals surface area contributed by atoms with Crippen molar-refractivity contribution in [2.24, 2.45) is 0 Å². The third-order valence-corrected chi connectivity index (χ3v) is 1.25. The van der Waals surface area contributed by atoms with E-state index in [9.17, 15) is 4.79 Å². The molecule has 0 bridgehead atoms. The fourth-order valence-electron chi connectivity index (χ4n) is 0.722. The third-order valence-electron chi connectivity index (χ3n) is 1.25. The smallest absolute Gasteiger partial charge is 0.293 e. The number of hydrogen-bond acceptors (Lipinski definition) is 3. The van der Waals surface area contributed by atoms with Crippen LogP contribution in [0.5, 0.6) is 5.75 Å². The number of carbonyl (C=O) groups is 1. The van der Waals surface area contributed by atoms with E-state index in [2.05, 4.69) is 12.6 Å². The molecule has 0 aromatic heterocycles. The predicted molar refractivity (Wildman–Crippen MR) is 50.6 cm³/mol. The van der Waals surface area contributed by atoms with Crippen LogP contribution in [0.4, 0.5) is 0 Å². The lowest BCUT2D eigenvalue weighted by molar-refractivity contribution is -0.129. The minimum atomic E-state index is 0.208. The molecule has 3 nitrogen and oxygen atoms in total. The van der Waals surface area contributed by atoms with Crippen molar-refractivity contribution in [2.45, 2.75) is 13.4 Å². The molecule has 4 heteroatoms. The molecule has 0 amide bonds. The summed E-state index contributed by atoms with van der Waals surface area (Å²) in [7, 11) is 4.50. The van der Waals surface area contributed by atoms with Gasteiger partial charge in [-0.2, -0.15) is 0 Å². The number of carbonyl (C=O) groups excluding carboxylic acids is 1. The van der Waals surface area contributed by atoms with Gasteiger partial charge in [0, 0.05) is 0 Å². The van der Waals surface area contributed by atoms with Crippen LogP contribution in [0, 0.1) is 0 Å². The number of rotatable bonds is 3. The molecule has 68 valence electrons. The summed E-state index contributed by atoms with van der Waals surface area (Å²) in [6, 6.07) is 6.48. The van der Waals surface area contributed by atoms with Crippen LogP contribution in [0.3, 0.4) is 0 Å². The number of ether oxygens (including phenoxy) is 1. The molecule has 0 saturated heterocycles. The predicted octanol–water partition coefficient (Wildman–Crippen LogP) is 1.27. The standard InChI is InChI=1S/C8H8O3.CH3B/c9-6-11-5-7-1-3-8(10)4-2-7;1-2/h1-4,6,10H,5H2;1H3. The average molecular weight is 178 g/mol. The second-order valence-corrected chi connectivity index (χ2v) is 2.07. The van der Waals surface area contributed by atoms with E-state index in [0.717, 1.165) is 5.56 Å². The zero-order valence-corrected chi connectivity index (χ0v) is 7.43. The van der Waals surface area contributed by atoms with E-state index in [0.29, 0.717) is 6.47 Å². The van der Waals surface area contributed by atoms with Gasteiger partial charge in [0.05, 0.1) is 7.85 Å². The van der Waals surface area contributed by atoms with Crippen LogP contribution in [0.15, 0.2) is 24.3 Å². The summed E-state index contributed by atoms with van der Waals surface area (Å²) >= 11 is 0. The first-order valence-electron chi connectivity index (χ1n) is 3.74. The van der Waals surface area contributed by atoms with Crippen molar-refractivity contribution < 1.29 is 14.6 Å². The van der Waals surface area contributed by atoms with Gasteiger partial charge in [-0.1, -0.05) is 19.0 Å². The van der Waals surface area contributed by atoms with Crippen molar-refractivity contribution >= 4 is 14.3 Å². The molecular weight excluding hydrogens is 167 g/mol. The van der Waals surface area contributed by atoms with Gasteiger partial charge in [0.25, 0.3) is 6.47 Å². The summed E-state index contributed by atoms with van der Waals surface area (Å²) < 4.78 is 4.50. The molecule has 2 radical (unpaired) electrons. The highest BCUT2D eigenvalue weighted by Gasteiger charge is 1.91. The van der Waals surface area contributed by atoms with E-state index in [4.69, 9.17) is 5.11 Å². The molecule has 13 heavy (non-hydrogen) atoms. The molecule has 0 aliphatic heterocycles. The van der Waals surface area contributed by atoms with E-state index in [-0.39, 0.29) is 12.4 Å². The maximum absolute atomic E-state index is 9.77. The van der Waals surface area contributed by atoms with Crippen molar-refractivity contribution in [1.29, 1.82) is 0 Å². The maximum Gasteiger partial charge on any atom is 0.293 e. The summed E-state index contributed by atoms with van der Waals surface area (Å²) in [5.41, 5.74) is 0.856. The molecule has 0 atom stereocenters. The zero-order valence-electron chi connectivity index (χ0n) is 7.43. The molecular formula is C9H11BO3. The number of aromatic hydroxyl groups is 1. The van der Waals surface area contributed by atoms with E-state index in [1.165, 1.54) is 6.82 Å². The summed E-state index contributed by atoms with van der Waals surface area (Å²) in [4.78, 5) is 9.77. The summed E-state index contributed by atoms with van der Waals surface area (Å²) in [5.74, 6) is 0.208. The van der Waals surface area contributed by atoms with Crippen LogP contribution in [-0.2, 0) is 16.1 Å². The molecule has 1 rings (SSSR count). The number of phenols is 1. The Hall–Kier alpha value is -1.45. The Morgan fingerprint density at radius 3 is 2.38 bits per heavy atom. The quantitative estimate of drug-likeness (QED) is 0.559. The van der Waals surface area contributed by atoms with E-state index in [1.807, 2.05) is 0 Å². The van der Waals surface area contributed by atoms with Crippen LogP contribution >= 0.6 is 0 Å². The molecule has 1 N–H and O–H groups in total. The Morgan fingerprint density at radius 1 is 1.38 bits per heavy atom.